The van der Waals surface area contributed by atoms with Crippen LogP contribution in [0.1, 0.15) is 44.6 Å². The van der Waals surface area contributed by atoms with Crippen LogP contribution >= 0.6 is 15.9 Å². The number of benzene rings is 1. The lowest BCUT2D eigenvalue weighted by molar-refractivity contribution is -0.142. The molecule has 1 amide bonds. The van der Waals surface area contributed by atoms with Gasteiger partial charge in [0, 0.05) is 4.47 Å². The number of carboxylic acids is 1. The van der Waals surface area contributed by atoms with Gasteiger partial charge < -0.3 is 10.4 Å². The monoisotopic (exact) mass is 353 g/mol. The molecule has 4 nitrogen and oxygen atoms in total. The SMILES string of the molecule is CCCC[C@H](NC(=O)C1(c2ccc(Br)cc2)CC1)C(=O)O. The third kappa shape index (κ3) is 3.64. The summed E-state index contributed by atoms with van der Waals surface area (Å²) in [5, 5.41) is 11.9. The summed E-state index contributed by atoms with van der Waals surface area (Å²) >= 11 is 3.38. The largest absolute Gasteiger partial charge is 0.480 e. The summed E-state index contributed by atoms with van der Waals surface area (Å²) in [7, 11) is 0. The fraction of sp³-hybridized carbons (Fsp3) is 0.500. The van der Waals surface area contributed by atoms with Gasteiger partial charge in [0.2, 0.25) is 5.91 Å². The topological polar surface area (TPSA) is 66.4 Å². The average Bonchev–Trinajstić information content (AvgIpc) is 3.25. The highest BCUT2D eigenvalue weighted by Crippen LogP contribution is 2.48. The number of nitrogens with one attached hydrogen (secondary N) is 1. The number of hydrogen-bond donors (Lipinski definition) is 2. The second-order valence-electron chi connectivity index (χ2n) is 5.60. The zero-order chi connectivity index (χ0) is 15.5. The number of aliphatic carboxylic acids is 1. The number of carbonyl (C=O) groups excluding carboxylic acids is 1. The second-order valence-corrected chi connectivity index (χ2v) is 6.51. The first-order chi connectivity index (χ1) is 9.99. The molecule has 0 saturated heterocycles. The lowest BCUT2D eigenvalue weighted by Crippen LogP contribution is -2.45. The van der Waals surface area contributed by atoms with Gasteiger partial charge in [-0.15, -0.1) is 0 Å². The Labute approximate surface area is 133 Å². The van der Waals surface area contributed by atoms with Crippen molar-refractivity contribution in [1.82, 2.24) is 5.32 Å². The molecule has 1 aromatic carbocycles. The molecule has 0 spiro atoms. The van der Waals surface area contributed by atoms with Crippen molar-refractivity contribution in [2.45, 2.75) is 50.5 Å². The summed E-state index contributed by atoms with van der Waals surface area (Å²) in [4.78, 5) is 23.8. The van der Waals surface area contributed by atoms with Crippen LogP contribution in [0.4, 0.5) is 0 Å². The van der Waals surface area contributed by atoms with Crippen molar-refractivity contribution in [1.29, 1.82) is 0 Å². The molecule has 0 heterocycles. The third-order valence-electron chi connectivity index (χ3n) is 4.03. The van der Waals surface area contributed by atoms with Crippen LogP contribution in [-0.2, 0) is 15.0 Å². The minimum atomic E-state index is -0.955. The molecular formula is C16H20BrNO3. The molecule has 1 fully saturated rings. The minimum Gasteiger partial charge on any atom is -0.480 e. The number of carbonyl (C=O) groups is 2. The fourth-order valence-electron chi connectivity index (χ4n) is 2.50. The first-order valence-corrected chi connectivity index (χ1v) is 8.09. The van der Waals surface area contributed by atoms with Crippen LogP contribution < -0.4 is 5.32 Å². The molecule has 0 aromatic heterocycles. The molecule has 0 unspecified atom stereocenters. The minimum absolute atomic E-state index is 0.159. The molecule has 0 bridgehead atoms. The molecule has 114 valence electrons. The highest BCUT2D eigenvalue weighted by Gasteiger charge is 2.51. The first-order valence-electron chi connectivity index (χ1n) is 7.29. The summed E-state index contributed by atoms with van der Waals surface area (Å²) in [6, 6.07) is 6.89. The molecule has 5 heteroatoms. The number of halogens is 1. The van der Waals surface area contributed by atoms with Crippen LogP contribution in [-0.4, -0.2) is 23.0 Å². The van der Waals surface area contributed by atoms with E-state index in [1.165, 1.54) is 0 Å². The lowest BCUT2D eigenvalue weighted by atomic mass is 9.94. The maximum atomic E-state index is 12.5. The molecule has 2 rings (SSSR count). The Morgan fingerprint density at radius 2 is 1.95 bits per heavy atom. The summed E-state index contributed by atoms with van der Waals surface area (Å²) in [6.45, 7) is 2.00. The van der Waals surface area contributed by atoms with Crippen molar-refractivity contribution in [3.8, 4) is 0 Å². The van der Waals surface area contributed by atoms with E-state index in [1.54, 1.807) is 0 Å². The van der Waals surface area contributed by atoms with E-state index in [1.807, 2.05) is 31.2 Å². The van der Waals surface area contributed by atoms with Gasteiger partial charge in [-0.25, -0.2) is 4.79 Å². The third-order valence-corrected chi connectivity index (χ3v) is 4.56. The highest BCUT2D eigenvalue weighted by molar-refractivity contribution is 9.10. The van der Waals surface area contributed by atoms with E-state index in [0.29, 0.717) is 6.42 Å². The van der Waals surface area contributed by atoms with Crippen LogP contribution in [0.2, 0.25) is 0 Å². The number of amides is 1. The Bertz CT molecular complexity index is 523. The number of hydrogen-bond acceptors (Lipinski definition) is 2. The summed E-state index contributed by atoms with van der Waals surface area (Å²) < 4.78 is 0.966. The maximum absolute atomic E-state index is 12.5. The Hall–Kier alpha value is -1.36. The van der Waals surface area contributed by atoms with Crippen molar-refractivity contribution in [2.75, 3.05) is 0 Å². The van der Waals surface area contributed by atoms with Gasteiger partial charge in [-0.1, -0.05) is 47.8 Å². The Balaban J connectivity index is 2.08. The number of unbranched alkanes of at least 4 members (excludes halogenated alkanes) is 1. The van der Waals surface area contributed by atoms with Crippen molar-refractivity contribution >= 4 is 27.8 Å². The molecule has 0 aliphatic heterocycles. The van der Waals surface area contributed by atoms with E-state index in [4.69, 9.17) is 0 Å². The molecule has 1 aliphatic rings. The molecule has 21 heavy (non-hydrogen) atoms. The average molecular weight is 354 g/mol. The van der Waals surface area contributed by atoms with Gasteiger partial charge in [0.15, 0.2) is 0 Å². The van der Waals surface area contributed by atoms with E-state index in [-0.39, 0.29) is 5.91 Å². The molecule has 0 radical (unpaired) electrons. The van der Waals surface area contributed by atoms with E-state index in [0.717, 1.165) is 35.7 Å². The van der Waals surface area contributed by atoms with Gasteiger partial charge in [-0.3, -0.25) is 4.79 Å². The van der Waals surface area contributed by atoms with Gasteiger partial charge in [-0.2, -0.15) is 0 Å². The predicted octanol–water partition coefficient (Wildman–Crippen LogP) is 3.24. The van der Waals surface area contributed by atoms with Gasteiger partial charge in [0.25, 0.3) is 0 Å². The van der Waals surface area contributed by atoms with Gasteiger partial charge in [-0.05, 0) is 37.0 Å². The van der Waals surface area contributed by atoms with E-state index >= 15 is 0 Å². The van der Waals surface area contributed by atoms with Crippen molar-refractivity contribution in [3.05, 3.63) is 34.3 Å². The van der Waals surface area contributed by atoms with E-state index in [9.17, 15) is 14.7 Å². The smallest absolute Gasteiger partial charge is 0.326 e. The van der Waals surface area contributed by atoms with Crippen LogP contribution in [0.15, 0.2) is 28.7 Å². The Morgan fingerprint density at radius 1 is 1.33 bits per heavy atom. The zero-order valence-corrected chi connectivity index (χ0v) is 13.6. The zero-order valence-electron chi connectivity index (χ0n) is 12.1. The predicted molar refractivity (Wildman–Crippen MR) is 84.1 cm³/mol. The van der Waals surface area contributed by atoms with Crippen molar-refractivity contribution in [3.63, 3.8) is 0 Å². The van der Waals surface area contributed by atoms with Crippen LogP contribution in [0, 0.1) is 0 Å². The van der Waals surface area contributed by atoms with E-state index in [2.05, 4.69) is 21.2 Å². The first kappa shape index (κ1) is 16.0. The molecule has 1 aromatic rings. The highest BCUT2D eigenvalue weighted by atomic mass is 79.9. The van der Waals surface area contributed by atoms with Crippen LogP contribution in [0.5, 0.6) is 0 Å². The summed E-state index contributed by atoms with van der Waals surface area (Å²) in [5.74, 6) is -1.11. The van der Waals surface area contributed by atoms with Gasteiger partial charge >= 0.3 is 5.97 Å². The molecular weight excluding hydrogens is 334 g/mol. The van der Waals surface area contributed by atoms with Crippen molar-refractivity contribution in [2.24, 2.45) is 0 Å². The van der Waals surface area contributed by atoms with Crippen LogP contribution in [0.3, 0.4) is 0 Å². The second kappa shape index (κ2) is 6.60. The number of rotatable bonds is 7. The Kier molecular flexibility index (Phi) is 5.04. The fourth-order valence-corrected chi connectivity index (χ4v) is 2.77. The molecule has 2 N–H and O–H groups in total. The molecule has 1 aliphatic carbocycles. The standard InChI is InChI=1S/C16H20BrNO3/c1-2-3-4-13(14(19)20)18-15(21)16(9-10-16)11-5-7-12(17)8-6-11/h5-8,13H,2-4,9-10H2,1H3,(H,18,21)(H,19,20)/t13-/m0/s1. The lowest BCUT2D eigenvalue weighted by Gasteiger charge is -2.20. The van der Waals surface area contributed by atoms with Gasteiger partial charge in [0.1, 0.15) is 6.04 Å². The quantitative estimate of drug-likeness (QED) is 0.790. The Morgan fingerprint density at radius 3 is 2.43 bits per heavy atom. The van der Waals surface area contributed by atoms with Gasteiger partial charge in [0.05, 0.1) is 5.41 Å². The normalized spacial score (nSPS) is 17.0. The summed E-state index contributed by atoms with van der Waals surface area (Å²) in [6.07, 6.45) is 3.75. The number of carboxylic acid groups (broad SMARTS) is 1. The maximum Gasteiger partial charge on any atom is 0.326 e. The molecule has 1 atom stereocenters. The molecule has 1 saturated carbocycles. The van der Waals surface area contributed by atoms with Crippen molar-refractivity contribution < 1.29 is 14.7 Å². The van der Waals surface area contributed by atoms with E-state index < -0.39 is 17.4 Å². The summed E-state index contributed by atoms with van der Waals surface area (Å²) in [5.41, 5.74) is 0.434. The van der Waals surface area contributed by atoms with Crippen LogP contribution in [0.25, 0.3) is 0 Å².